The summed E-state index contributed by atoms with van der Waals surface area (Å²) in [5, 5.41) is 5.84. The summed E-state index contributed by atoms with van der Waals surface area (Å²) in [6.45, 7) is -0.301. The maximum absolute atomic E-state index is 15.0. The topological polar surface area (TPSA) is 326 Å². The van der Waals surface area contributed by atoms with Crippen LogP contribution in [0.4, 0.5) is 0 Å². The summed E-state index contributed by atoms with van der Waals surface area (Å²) in [5.74, 6) is -5.83. The van der Waals surface area contributed by atoms with Gasteiger partial charge in [-0.2, -0.15) is 12.9 Å². The first-order valence-corrected chi connectivity index (χ1v) is 35.5. The number of hydrogen-bond donors (Lipinski definition) is 6. The fourth-order valence-corrected chi connectivity index (χ4v) is 15.4. The number of Topliss-reactive ketones (excluding diaryl/α,β-unsaturated/α-hetero) is 3. The van der Waals surface area contributed by atoms with Gasteiger partial charge in [0, 0.05) is 50.5 Å². The summed E-state index contributed by atoms with van der Waals surface area (Å²) < 4.78 is 89.3. The van der Waals surface area contributed by atoms with Crippen molar-refractivity contribution >= 4 is 59.2 Å². The molecule has 5 atom stereocenters. The Balaban J connectivity index is 1.45. The Hall–Kier alpha value is -6.38. The van der Waals surface area contributed by atoms with E-state index in [-0.39, 0.29) is 51.1 Å². The second kappa shape index (κ2) is 38.3. The fraction of sp³-hybridized carbons (Fsp3) is 0.470. The standard InChI is InChI=1S/C66H93N9O11S3/c1-52(76)43-73(87(81,82)49-55-27-11-4-12-28-55)46-61(34-18-21-37-68)71-66(80)59(33-17-20-36-67)42-62(77)47-74(88(83,84)50-56-29-13-5-14-30-56)44-58(39-53-23-7-2-8-24-53)41-64(78)63(35-19-22-38-69)72-65(79)48-75(45-60(70)40-54-25-9-3-10-26-54)89(85,86)51-57-31-15-6-16-32-57/h2-16,23-32,58-61,63H,17-22,33-51,67-70H2,1H3,(H,71,80)(H,72,79)/t58-,59-,60+,61+,63+/m1/s1. The average molecular weight is 1280 g/mol. The molecule has 0 radical (unpaired) electrons. The van der Waals surface area contributed by atoms with E-state index in [1.807, 2.05) is 60.7 Å². The molecule has 20 nitrogen and oxygen atoms in total. The van der Waals surface area contributed by atoms with E-state index in [4.69, 9.17) is 22.9 Å². The van der Waals surface area contributed by atoms with Crippen LogP contribution in [-0.2, 0) is 84.1 Å². The molecule has 89 heavy (non-hydrogen) atoms. The Bertz CT molecular complexity index is 3280. The molecule has 5 aromatic carbocycles. The number of rotatable bonds is 45. The Labute approximate surface area is 528 Å². The minimum Gasteiger partial charge on any atom is -0.352 e. The highest BCUT2D eigenvalue weighted by molar-refractivity contribution is 7.88. The molecule has 0 bridgehead atoms. The number of unbranched alkanes of at least 4 members (excludes halogenated alkanes) is 3. The molecule has 0 fully saturated rings. The first kappa shape index (κ1) is 73.4. The summed E-state index contributed by atoms with van der Waals surface area (Å²) >= 11 is 0. The van der Waals surface area contributed by atoms with Crippen LogP contribution < -0.4 is 33.6 Å². The Morgan fingerprint density at radius 2 is 0.854 bits per heavy atom. The average Bonchev–Trinajstić information content (AvgIpc) is 3.59. The highest BCUT2D eigenvalue weighted by Gasteiger charge is 2.35. The SMILES string of the molecule is CC(=O)CN(C[C@H](CCCCN)NC(=O)[C@H](CCCCN)CC(=O)CN(C[C@@H](CC(=O)[C@H](CCCCN)NC(=O)CN(C[C@@H](N)Cc1ccccc1)S(=O)(=O)Cc1ccccc1)Cc1ccccc1)S(=O)(=O)Cc1ccccc1)S(=O)(=O)Cc1ccccc1. The first-order chi connectivity index (χ1) is 42.6. The smallest absolute Gasteiger partial charge is 0.235 e. The Morgan fingerprint density at radius 1 is 0.449 bits per heavy atom. The number of nitrogens with zero attached hydrogens (tertiary/aromatic N) is 3. The fourth-order valence-electron chi connectivity index (χ4n) is 10.7. The number of nitrogens with one attached hydrogen (secondary N) is 2. The van der Waals surface area contributed by atoms with E-state index >= 15 is 0 Å². The molecule has 5 rings (SSSR count). The molecule has 486 valence electrons. The van der Waals surface area contributed by atoms with E-state index in [1.165, 1.54) is 6.92 Å². The highest BCUT2D eigenvalue weighted by Crippen LogP contribution is 2.24. The van der Waals surface area contributed by atoms with Crippen LogP contribution in [0.2, 0.25) is 0 Å². The maximum Gasteiger partial charge on any atom is 0.235 e. The van der Waals surface area contributed by atoms with Crippen molar-refractivity contribution in [1.29, 1.82) is 0 Å². The third kappa shape index (κ3) is 27.3. The van der Waals surface area contributed by atoms with Gasteiger partial charge in [0.15, 0.2) is 5.78 Å². The zero-order valence-corrected chi connectivity index (χ0v) is 53.8. The van der Waals surface area contributed by atoms with Gasteiger partial charge in [-0.05, 0) is 118 Å². The maximum atomic E-state index is 15.0. The number of carbonyl (C=O) groups excluding carboxylic acids is 5. The van der Waals surface area contributed by atoms with E-state index in [9.17, 15) is 49.2 Å². The van der Waals surface area contributed by atoms with Crippen LogP contribution in [0, 0.1) is 11.8 Å². The number of carbonyl (C=O) groups is 5. The van der Waals surface area contributed by atoms with E-state index in [0.29, 0.717) is 87.7 Å². The van der Waals surface area contributed by atoms with E-state index in [1.54, 1.807) is 91.0 Å². The van der Waals surface area contributed by atoms with Gasteiger partial charge < -0.3 is 33.6 Å². The highest BCUT2D eigenvalue weighted by atomic mass is 32.2. The molecule has 0 aliphatic rings. The second-order valence-electron chi connectivity index (χ2n) is 23.1. The zero-order chi connectivity index (χ0) is 64.7. The molecular formula is C66H93N9O11S3. The van der Waals surface area contributed by atoms with Crippen LogP contribution >= 0.6 is 0 Å². The summed E-state index contributed by atoms with van der Waals surface area (Å²) in [6, 6.07) is 41.3. The molecule has 0 aliphatic heterocycles. The molecule has 10 N–H and O–H groups in total. The number of ketones is 3. The lowest BCUT2D eigenvalue weighted by molar-refractivity contribution is -0.130. The minimum absolute atomic E-state index is 0.137. The summed E-state index contributed by atoms with van der Waals surface area (Å²) in [4.78, 5) is 71.2. The van der Waals surface area contributed by atoms with Crippen molar-refractivity contribution in [3.05, 3.63) is 179 Å². The minimum atomic E-state index is -4.37. The monoisotopic (exact) mass is 1280 g/mol. The molecule has 0 unspecified atom stereocenters. The van der Waals surface area contributed by atoms with Crippen molar-refractivity contribution < 1.29 is 49.2 Å². The molecule has 0 spiro atoms. The van der Waals surface area contributed by atoms with Gasteiger partial charge in [-0.25, -0.2) is 25.3 Å². The first-order valence-electron chi connectivity index (χ1n) is 30.7. The number of amides is 2. The summed E-state index contributed by atoms with van der Waals surface area (Å²) in [6.07, 6.45) is 3.37. The number of sulfonamides is 3. The third-order valence-electron chi connectivity index (χ3n) is 15.2. The van der Waals surface area contributed by atoms with Crippen molar-refractivity contribution in [2.45, 2.75) is 126 Å². The van der Waals surface area contributed by atoms with Crippen LogP contribution in [0.25, 0.3) is 0 Å². The van der Waals surface area contributed by atoms with Crippen molar-refractivity contribution in [2.24, 2.45) is 34.8 Å². The lowest BCUT2D eigenvalue weighted by atomic mass is 9.90. The lowest BCUT2D eigenvalue weighted by Gasteiger charge is -2.30. The van der Waals surface area contributed by atoms with E-state index in [0.717, 1.165) is 24.0 Å². The lowest BCUT2D eigenvalue weighted by Crippen LogP contribution is -2.50. The van der Waals surface area contributed by atoms with Crippen LogP contribution in [0.3, 0.4) is 0 Å². The van der Waals surface area contributed by atoms with Crippen molar-refractivity contribution in [3.8, 4) is 0 Å². The van der Waals surface area contributed by atoms with Gasteiger partial charge in [0.25, 0.3) is 0 Å². The van der Waals surface area contributed by atoms with Crippen LogP contribution in [0.15, 0.2) is 152 Å². The van der Waals surface area contributed by atoms with Gasteiger partial charge >= 0.3 is 0 Å². The normalized spacial score (nSPS) is 13.8. The summed E-state index contributed by atoms with van der Waals surface area (Å²) in [7, 11) is -12.6. The molecule has 0 saturated heterocycles. The Kier molecular flexibility index (Phi) is 31.6. The molecule has 23 heteroatoms. The molecule has 5 aromatic rings. The molecule has 0 saturated carbocycles. The van der Waals surface area contributed by atoms with Crippen LogP contribution in [0.1, 0.15) is 105 Å². The predicted octanol–water partition coefficient (Wildman–Crippen LogP) is 5.39. The summed E-state index contributed by atoms with van der Waals surface area (Å²) in [5.41, 5.74) is 27.3. The molecular weight excluding hydrogens is 1190 g/mol. The largest absolute Gasteiger partial charge is 0.352 e. The van der Waals surface area contributed by atoms with Crippen LogP contribution in [0.5, 0.6) is 0 Å². The van der Waals surface area contributed by atoms with Gasteiger partial charge in [-0.15, -0.1) is 0 Å². The molecule has 0 aliphatic carbocycles. The number of nitrogens with two attached hydrogens (primary N) is 4. The second-order valence-corrected chi connectivity index (χ2v) is 29.0. The van der Waals surface area contributed by atoms with E-state index in [2.05, 4.69) is 10.6 Å². The quantitative estimate of drug-likeness (QED) is 0.0266. The van der Waals surface area contributed by atoms with Gasteiger partial charge in [0.1, 0.15) is 11.6 Å². The van der Waals surface area contributed by atoms with Gasteiger partial charge in [0.2, 0.25) is 41.9 Å². The Morgan fingerprint density at radius 3 is 1.30 bits per heavy atom. The van der Waals surface area contributed by atoms with Crippen molar-refractivity contribution in [3.63, 3.8) is 0 Å². The van der Waals surface area contributed by atoms with Gasteiger partial charge in [0.05, 0.1) is 42.9 Å². The predicted molar refractivity (Wildman–Crippen MR) is 350 cm³/mol. The molecule has 2 amide bonds. The zero-order valence-electron chi connectivity index (χ0n) is 51.4. The van der Waals surface area contributed by atoms with E-state index < -0.39 is 127 Å². The number of benzene rings is 5. The third-order valence-corrected chi connectivity index (χ3v) is 20.5. The van der Waals surface area contributed by atoms with Gasteiger partial charge in [-0.3, -0.25) is 24.0 Å². The van der Waals surface area contributed by atoms with Crippen LogP contribution in [-0.4, -0.2) is 144 Å². The van der Waals surface area contributed by atoms with Crippen molar-refractivity contribution in [1.82, 2.24) is 23.5 Å². The molecule has 0 heterocycles. The van der Waals surface area contributed by atoms with Crippen molar-refractivity contribution in [2.75, 3.05) is 58.9 Å². The molecule has 0 aromatic heterocycles. The van der Waals surface area contributed by atoms with Gasteiger partial charge in [-0.1, -0.05) is 165 Å². The number of hydrogen-bond acceptors (Lipinski definition) is 15.